The summed E-state index contributed by atoms with van der Waals surface area (Å²) in [5.74, 6) is 0.112. The zero-order valence-electron chi connectivity index (χ0n) is 22.6. The molecule has 1 atom stereocenters. The standard InChI is InChI=1S/C14H28NO.C6H5N2O.2C4H9.Sn/c1-5-12(4)15(11(2)3)14-8-6-13(10-16)7-9-14;7-6(9)5-2-1-3-8-4-5;2*1-3-4-2;/h11-14,16H,1,5-10H2,2-4H3;1-2,4H,(H2,7,9);2*1,3-4H2,2H3;. The molecule has 194 valence electrons. The molecule has 5 nitrogen and oxygen atoms in total. The molecule has 1 heterocycles. The molecule has 0 aliphatic heterocycles. The van der Waals surface area contributed by atoms with Gasteiger partial charge in [-0.2, -0.15) is 0 Å². The van der Waals surface area contributed by atoms with Crippen molar-refractivity contribution in [1.82, 2.24) is 9.88 Å². The molecule has 3 N–H and O–H groups in total. The van der Waals surface area contributed by atoms with Crippen molar-refractivity contribution < 1.29 is 9.90 Å². The predicted octanol–water partition coefficient (Wildman–Crippen LogP) is 5.48. The van der Waals surface area contributed by atoms with Crippen molar-refractivity contribution in [2.24, 2.45) is 11.7 Å². The molecule has 6 heteroatoms. The number of unbranched alkanes of at least 4 members (excludes halogenated alkanes) is 2. The number of nitrogens with two attached hydrogens (primary N) is 1. The van der Waals surface area contributed by atoms with Crippen LogP contribution in [0.1, 0.15) is 103 Å². The molecule has 1 amide bonds. The van der Waals surface area contributed by atoms with Gasteiger partial charge in [-0.3, -0.25) is 0 Å². The Hall–Kier alpha value is -0.661. The second-order valence-corrected chi connectivity index (χ2v) is 24.1. The van der Waals surface area contributed by atoms with E-state index in [9.17, 15) is 9.90 Å². The average molecular weight is 580 g/mol. The molecule has 0 aromatic carbocycles. The van der Waals surface area contributed by atoms with Gasteiger partial charge in [-0.05, 0) is 0 Å². The molecule has 1 saturated carbocycles. The van der Waals surface area contributed by atoms with E-state index >= 15 is 0 Å². The van der Waals surface area contributed by atoms with Crippen LogP contribution < -0.4 is 9.44 Å². The Morgan fingerprint density at radius 1 is 1.09 bits per heavy atom. The van der Waals surface area contributed by atoms with Gasteiger partial charge < -0.3 is 0 Å². The van der Waals surface area contributed by atoms with Crippen LogP contribution in [-0.2, 0) is 0 Å². The van der Waals surface area contributed by atoms with Crippen molar-refractivity contribution in [3.63, 3.8) is 0 Å². The minimum absolute atomic E-state index is 0.345. The molecule has 0 saturated heterocycles. The van der Waals surface area contributed by atoms with Gasteiger partial charge in [0, 0.05) is 0 Å². The van der Waals surface area contributed by atoms with Crippen LogP contribution in [0.25, 0.3) is 0 Å². The van der Waals surface area contributed by atoms with Gasteiger partial charge in [0.25, 0.3) is 0 Å². The third kappa shape index (κ3) is 8.19. The van der Waals surface area contributed by atoms with E-state index in [0.29, 0.717) is 36.2 Å². The monoisotopic (exact) mass is 581 g/mol. The summed E-state index contributed by atoms with van der Waals surface area (Å²) < 4.78 is 5.37. The molecule has 1 aromatic heterocycles. The first-order chi connectivity index (χ1) is 16.3. The second-order valence-electron chi connectivity index (χ2n) is 11.1. The quantitative estimate of drug-likeness (QED) is 0.270. The number of nitrogens with zero attached hydrogens (tertiary/aromatic N) is 2. The van der Waals surface area contributed by atoms with Crippen molar-refractivity contribution in [1.29, 1.82) is 0 Å². The van der Waals surface area contributed by atoms with Gasteiger partial charge in [-0.1, -0.05) is 0 Å². The van der Waals surface area contributed by atoms with Crippen molar-refractivity contribution in [2.75, 3.05) is 6.61 Å². The van der Waals surface area contributed by atoms with Gasteiger partial charge in [-0.15, -0.1) is 0 Å². The Bertz CT molecular complexity index is 709. The Morgan fingerprint density at radius 2 is 1.71 bits per heavy atom. The van der Waals surface area contributed by atoms with E-state index in [0.717, 1.165) is 12.8 Å². The summed E-state index contributed by atoms with van der Waals surface area (Å²) in [4.78, 5) is 19.3. The molecule has 1 aromatic rings. The van der Waals surface area contributed by atoms with E-state index in [-0.39, 0.29) is 5.91 Å². The van der Waals surface area contributed by atoms with Crippen LogP contribution in [0.3, 0.4) is 0 Å². The van der Waals surface area contributed by atoms with Gasteiger partial charge in [-0.25, -0.2) is 0 Å². The van der Waals surface area contributed by atoms with Crippen LogP contribution in [0, 0.1) is 5.92 Å². The fraction of sp³-hybridized carbons (Fsp3) is 0.786. The van der Waals surface area contributed by atoms with Crippen LogP contribution in [-0.4, -0.2) is 64.0 Å². The molecule has 1 aliphatic rings. The summed E-state index contributed by atoms with van der Waals surface area (Å²) in [6.45, 7) is 12.1. The van der Waals surface area contributed by atoms with E-state index in [4.69, 9.17) is 10.7 Å². The maximum atomic E-state index is 11.6. The fourth-order valence-electron chi connectivity index (χ4n) is 6.19. The molecule has 34 heavy (non-hydrogen) atoms. The number of aliphatic hydroxyl groups is 1. The van der Waals surface area contributed by atoms with Crippen molar-refractivity contribution in [2.45, 2.75) is 124 Å². The number of hydrogen-bond acceptors (Lipinski definition) is 4. The third-order valence-electron chi connectivity index (χ3n) is 8.25. The van der Waals surface area contributed by atoms with Gasteiger partial charge >= 0.3 is 214 Å². The van der Waals surface area contributed by atoms with E-state index in [1.54, 1.807) is 6.20 Å². The second kappa shape index (κ2) is 14.8. The van der Waals surface area contributed by atoms with Gasteiger partial charge in [0.1, 0.15) is 0 Å². The van der Waals surface area contributed by atoms with Crippen molar-refractivity contribution >= 4 is 28.0 Å². The van der Waals surface area contributed by atoms with Crippen molar-refractivity contribution in [3.8, 4) is 0 Å². The first kappa shape index (κ1) is 29.6. The number of pyridine rings is 1. The number of amides is 1. The summed E-state index contributed by atoms with van der Waals surface area (Å²) in [5.41, 5.74) is 6.02. The Labute approximate surface area is 213 Å². The Balaban J connectivity index is 2.23. The van der Waals surface area contributed by atoms with E-state index in [1.165, 1.54) is 62.0 Å². The van der Waals surface area contributed by atoms with E-state index < -0.39 is 18.4 Å². The number of carbonyl (C=O) groups excluding carboxylic acids is 1. The van der Waals surface area contributed by atoms with Crippen molar-refractivity contribution in [3.05, 3.63) is 23.9 Å². The zero-order chi connectivity index (χ0) is 25.1. The Kier molecular flexibility index (Phi) is 12.9. The number of carbonyl (C=O) groups is 1. The molecule has 2 rings (SSSR count). The van der Waals surface area contributed by atoms with Gasteiger partial charge in [0.15, 0.2) is 0 Å². The number of rotatable bonds is 15. The molecule has 1 aliphatic carbocycles. The molecule has 1 fully saturated rings. The molecular weight excluding hydrogens is 529 g/mol. The van der Waals surface area contributed by atoms with Gasteiger partial charge in [0.2, 0.25) is 0 Å². The molecular formula is C28H51N3O2Sn. The zero-order valence-corrected chi connectivity index (χ0v) is 25.4. The summed E-state index contributed by atoms with van der Waals surface area (Å²) >= 11 is -2.75. The van der Waals surface area contributed by atoms with Gasteiger partial charge in [0.05, 0.1) is 0 Å². The molecule has 0 spiro atoms. The maximum absolute atomic E-state index is 11.6. The van der Waals surface area contributed by atoms with Crippen LogP contribution in [0.15, 0.2) is 18.3 Å². The molecule has 0 bridgehead atoms. The fourth-order valence-corrected chi connectivity index (χ4v) is 21.4. The predicted molar refractivity (Wildman–Crippen MR) is 146 cm³/mol. The molecule has 0 radical (unpaired) electrons. The van der Waals surface area contributed by atoms with E-state index in [1.807, 2.05) is 6.07 Å². The summed E-state index contributed by atoms with van der Waals surface area (Å²) in [6, 6.07) is 5.80. The average Bonchev–Trinajstić information content (AvgIpc) is 2.84. The van der Waals surface area contributed by atoms with Crippen LogP contribution >= 0.6 is 0 Å². The topological polar surface area (TPSA) is 79.5 Å². The summed E-state index contributed by atoms with van der Waals surface area (Å²) in [6.07, 6.45) is 12.7. The SMILES string of the molecule is CCC[CH2][Sn]([CH2]CCC)([CH2]CC(C)N(C(C)C)C1CCC(CO)CC1)[c]1ccc(C(N)=O)cn1. The normalized spacial score (nSPS) is 20.1. The first-order valence-corrected chi connectivity index (χ1v) is 21.4. The number of aromatic nitrogens is 1. The number of aliphatic hydroxyl groups excluding tert-OH is 1. The number of hydrogen-bond donors (Lipinski definition) is 2. The van der Waals surface area contributed by atoms with E-state index in [2.05, 4.69) is 45.6 Å². The first-order valence-electron chi connectivity index (χ1n) is 13.9. The summed E-state index contributed by atoms with van der Waals surface area (Å²) in [5, 5.41) is 9.57. The molecule has 1 unspecified atom stereocenters. The number of primary amides is 1. The third-order valence-corrected chi connectivity index (χ3v) is 23.2. The van der Waals surface area contributed by atoms with Crippen LogP contribution in [0.2, 0.25) is 13.3 Å². The minimum atomic E-state index is -2.75. The summed E-state index contributed by atoms with van der Waals surface area (Å²) in [7, 11) is 0. The Morgan fingerprint density at radius 3 is 2.15 bits per heavy atom. The van der Waals surface area contributed by atoms with Crippen LogP contribution in [0.4, 0.5) is 0 Å². The van der Waals surface area contributed by atoms with Crippen LogP contribution in [0.5, 0.6) is 0 Å².